The van der Waals surface area contributed by atoms with Crippen LogP contribution in [0, 0.1) is 0 Å². The molecule has 0 N–H and O–H groups in total. The lowest BCUT2D eigenvalue weighted by molar-refractivity contribution is -0.138. The summed E-state index contributed by atoms with van der Waals surface area (Å²) in [7, 11) is 0. The van der Waals surface area contributed by atoms with E-state index < -0.39 is 11.6 Å². The Kier molecular flexibility index (Phi) is 3.05. The predicted octanol–water partition coefficient (Wildman–Crippen LogP) is 2.02. The minimum absolute atomic E-state index is 0.124. The van der Waals surface area contributed by atoms with Gasteiger partial charge in [-0.25, -0.2) is 9.59 Å². The lowest BCUT2D eigenvalue weighted by Gasteiger charge is -2.03. The van der Waals surface area contributed by atoms with Crippen molar-refractivity contribution in [1.82, 2.24) is 0 Å². The first-order valence-corrected chi connectivity index (χ1v) is 5.01. The molecule has 2 aromatic rings. The standard InChI is InChI=1S/C13H10O4/c1-2-12(14)16-8-9-3-4-10-5-6-13(15)17-11(10)7-9/h2-7H,1,8H2. The topological polar surface area (TPSA) is 56.5 Å². The van der Waals surface area contributed by atoms with Crippen LogP contribution in [-0.4, -0.2) is 5.97 Å². The number of carbonyl (C=O) groups is 1. The van der Waals surface area contributed by atoms with Crippen molar-refractivity contribution in [3.63, 3.8) is 0 Å². The number of fused-ring (bicyclic) bond motifs is 1. The molecule has 0 atom stereocenters. The number of hydrogen-bond donors (Lipinski definition) is 0. The Labute approximate surface area is 97.1 Å². The van der Waals surface area contributed by atoms with E-state index in [1.165, 1.54) is 6.07 Å². The number of rotatable bonds is 3. The third kappa shape index (κ3) is 2.60. The van der Waals surface area contributed by atoms with Gasteiger partial charge in [-0.3, -0.25) is 0 Å². The van der Waals surface area contributed by atoms with E-state index in [1.54, 1.807) is 24.3 Å². The summed E-state index contributed by atoms with van der Waals surface area (Å²) in [6.07, 6.45) is 1.10. The fourth-order valence-electron chi connectivity index (χ4n) is 1.41. The highest BCUT2D eigenvalue weighted by Gasteiger charge is 2.01. The van der Waals surface area contributed by atoms with Gasteiger partial charge in [-0.1, -0.05) is 18.7 Å². The van der Waals surface area contributed by atoms with Crippen molar-refractivity contribution in [2.75, 3.05) is 0 Å². The number of hydrogen-bond acceptors (Lipinski definition) is 4. The normalized spacial score (nSPS) is 10.1. The van der Waals surface area contributed by atoms with Gasteiger partial charge in [-0.15, -0.1) is 0 Å². The lowest BCUT2D eigenvalue weighted by Crippen LogP contribution is -2.00. The number of esters is 1. The molecule has 4 nitrogen and oxygen atoms in total. The van der Waals surface area contributed by atoms with E-state index in [2.05, 4.69) is 6.58 Å². The van der Waals surface area contributed by atoms with Crippen LogP contribution in [0.3, 0.4) is 0 Å². The second-order valence-corrected chi connectivity index (χ2v) is 3.44. The molecule has 0 saturated heterocycles. The first kappa shape index (κ1) is 11.1. The minimum atomic E-state index is -0.486. The Balaban J connectivity index is 2.27. The summed E-state index contributed by atoms with van der Waals surface area (Å²) in [5, 5.41) is 0.823. The summed E-state index contributed by atoms with van der Waals surface area (Å²) in [5.74, 6) is -0.486. The summed E-state index contributed by atoms with van der Waals surface area (Å²) in [6.45, 7) is 3.42. The Morgan fingerprint density at radius 1 is 1.35 bits per heavy atom. The summed E-state index contributed by atoms with van der Waals surface area (Å²) in [5.41, 5.74) is 0.824. The lowest BCUT2D eigenvalue weighted by atomic mass is 10.1. The van der Waals surface area contributed by atoms with Crippen molar-refractivity contribution in [3.05, 3.63) is 59.0 Å². The van der Waals surface area contributed by atoms with E-state index in [1.807, 2.05) is 0 Å². The smallest absolute Gasteiger partial charge is 0.336 e. The molecule has 1 aromatic heterocycles. The largest absolute Gasteiger partial charge is 0.458 e. The second kappa shape index (κ2) is 4.65. The van der Waals surface area contributed by atoms with Gasteiger partial charge in [0.05, 0.1) is 0 Å². The van der Waals surface area contributed by atoms with E-state index in [-0.39, 0.29) is 6.61 Å². The minimum Gasteiger partial charge on any atom is -0.458 e. The highest BCUT2D eigenvalue weighted by Crippen LogP contribution is 2.14. The second-order valence-electron chi connectivity index (χ2n) is 3.44. The fourth-order valence-corrected chi connectivity index (χ4v) is 1.41. The molecule has 0 unspecified atom stereocenters. The number of benzene rings is 1. The fraction of sp³-hybridized carbons (Fsp3) is 0.0769. The Morgan fingerprint density at radius 2 is 2.12 bits per heavy atom. The van der Waals surface area contributed by atoms with Crippen molar-refractivity contribution in [2.45, 2.75) is 6.61 Å². The van der Waals surface area contributed by atoms with Crippen molar-refractivity contribution in [2.24, 2.45) is 0 Å². The van der Waals surface area contributed by atoms with Gasteiger partial charge >= 0.3 is 11.6 Å². The SMILES string of the molecule is C=CC(=O)OCc1ccc2ccc(=O)oc2c1. The van der Waals surface area contributed by atoms with Gasteiger partial charge in [0.2, 0.25) is 0 Å². The molecule has 0 spiro atoms. The van der Waals surface area contributed by atoms with Gasteiger partial charge in [0.15, 0.2) is 0 Å². The third-order valence-electron chi connectivity index (χ3n) is 2.24. The highest BCUT2D eigenvalue weighted by molar-refractivity contribution is 5.81. The molecule has 0 radical (unpaired) electrons. The molecule has 1 heterocycles. The number of carbonyl (C=O) groups excluding carboxylic acids is 1. The van der Waals surface area contributed by atoms with Crippen LogP contribution >= 0.6 is 0 Å². The van der Waals surface area contributed by atoms with Crippen molar-refractivity contribution in [3.8, 4) is 0 Å². The summed E-state index contributed by atoms with van der Waals surface area (Å²) < 4.78 is 9.90. The van der Waals surface area contributed by atoms with Gasteiger partial charge in [-0.05, 0) is 17.7 Å². The van der Waals surface area contributed by atoms with E-state index in [0.717, 1.165) is 17.0 Å². The van der Waals surface area contributed by atoms with E-state index in [0.29, 0.717) is 5.58 Å². The quantitative estimate of drug-likeness (QED) is 0.460. The molecule has 0 fully saturated rings. The maximum atomic E-state index is 11.0. The van der Waals surface area contributed by atoms with Gasteiger partial charge in [0.1, 0.15) is 12.2 Å². The van der Waals surface area contributed by atoms with Crippen LogP contribution < -0.4 is 5.63 Å². The van der Waals surface area contributed by atoms with Crippen LogP contribution in [0.2, 0.25) is 0 Å². The molecule has 0 aliphatic heterocycles. The van der Waals surface area contributed by atoms with Gasteiger partial charge in [-0.2, -0.15) is 0 Å². The van der Waals surface area contributed by atoms with Gasteiger partial charge in [0, 0.05) is 17.5 Å². The van der Waals surface area contributed by atoms with Crippen LogP contribution in [-0.2, 0) is 16.1 Å². The van der Waals surface area contributed by atoms with Crippen LogP contribution in [0.25, 0.3) is 11.0 Å². The average molecular weight is 230 g/mol. The predicted molar refractivity (Wildman–Crippen MR) is 62.5 cm³/mol. The molecule has 0 aliphatic carbocycles. The Bertz CT molecular complexity index is 625. The van der Waals surface area contributed by atoms with Crippen LogP contribution in [0.15, 0.2) is 52.2 Å². The first-order valence-electron chi connectivity index (χ1n) is 5.01. The van der Waals surface area contributed by atoms with Crippen LogP contribution in [0.5, 0.6) is 0 Å². The molecule has 17 heavy (non-hydrogen) atoms. The zero-order valence-electron chi connectivity index (χ0n) is 9.01. The molecule has 86 valence electrons. The molecular weight excluding hydrogens is 220 g/mol. The highest BCUT2D eigenvalue weighted by atomic mass is 16.5. The Hall–Kier alpha value is -2.36. The van der Waals surface area contributed by atoms with Crippen LogP contribution in [0.4, 0.5) is 0 Å². The van der Waals surface area contributed by atoms with Gasteiger partial charge < -0.3 is 9.15 Å². The van der Waals surface area contributed by atoms with Gasteiger partial charge in [0.25, 0.3) is 0 Å². The molecule has 0 saturated carbocycles. The third-order valence-corrected chi connectivity index (χ3v) is 2.24. The van der Waals surface area contributed by atoms with E-state index >= 15 is 0 Å². The Morgan fingerprint density at radius 3 is 2.88 bits per heavy atom. The number of ether oxygens (including phenoxy) is 1. The monoisotopic (exact) mass is 230 g/mol. The van der Waals surface area contributed by atoms with Crippen molar-refractivity contribution >= 4 is 16.9 Å². The van der Waals surface area contributed by atoms with Crippen molar-refractivity contribution in [1.29, 1.82) is 0 Å². The van der Waals surface area contributed by atoms with Crippen molar-refractivity contribution < 1.29 is 13.9 Å². The zero-order valence-corrected chi connectivity index (χ0v) is 9.01. The molecule has 1 aromatic carbocycles. The summed E-state index contributed by atoms with van der Waals surface area (Å²) in [4.78, 5) is 21.9. The molecule has 2 rings (SSSR count). The summed E-state index contributed by atoms with van der Waals surface area (Å²) in [6, 6.07) is 8.32. The first-order chi connectivity index (χ1) is 8.19. The summed E-state index contributed by atoms with van der Waals surface area (Å²) >= 11 is 0. The van der Waals surface area contributed by atoms with Crippen LogP contribution in [0.1, 0.15) is 5.56 Å². The zero-order chi connectivity index (χ0) is 12.3. The molecule has 4 heteroatoms. The maximum absolute atomic E-state index is 11.0. The molecule has 0 amide bonds. The van der Waals surface area contributed by atoms with E-state index in [9.17, 15) is 9.59 Å². The molecule has 0 bridgehead atoms. The van der Waals surface area contributed by atoms with E-state index in [4.69, 9.17) is 9.15 Å². The average Bonchev–Trinajstić information content (AvgIpc) is 2.35. The molecule has 0 aliphatic rings. The molecular formula is C13H10O4. The maximum Gasteiger partial charge on any atom is 0.336 e.